The second-order valence-corrected chi connectivity index (χ2v) is 4.76. The van der Waals surface area contributed by atoms with Gasteiger partial charge in [0.1, 0.15) is 0 Å². The molecule has 3 aromatic rings. The highest BCUT2D eigenvalue weighted by Crippen LogP contribution is 2.28. The van der Waals surface area contributed by atoms with Gasteiger partial charge in [0.2, 0.25) is 0 Å². The first kappa shape index (κ1) is 11.4. The van der Waals surface area contributed by atoms with Crippen molar-refractivity contribution in [1.82, 2.24) is 14.6 Å². The van der Waals surface area contributed by atoms with Crippen molar-refractivity contribution in [2.24, 2.45) is 0 Å². The molecule has 0 bridgehead atoms. The zero-order chi connectivity index (χ0) is 12.4. The fraction of sp³-hybridized carbons (Fsp3) is 0.0833. The van der Waals surface area contributed by atoms with Gasteiger partial charge in [-0.15, -0.1) is 5.10 Å². The fourth-order valence-corrected chi connectivity index (χ4v) is 2.40. The van der Waals surface area contributed by atoms with E-state index in [2.05, 4.69) is 19.9 Å². The van der Waals surface area contributed by atoms with Gasteiger partial charge >= 0.3 is 0 Å². The van der Waals surface area contributed by atoms with E-state index in [1.807, 2.05) is 29.6 Å². The van der Waals surface area contributed by atoms with Gasteiger partial charge in [-0.3, -0.25) is 4.98 Å². The summed E-state index contributed by atoms with van der Waals surface area (Å²) in [5.74, 6) is 0. The lowest BCUT2D eigenvalue weighted by Gasteiger charge is -2.08. The largest absolute Gasteiger partial charge is 0.379 e. The van der Waals surface area contributed by atoms with E-state index in [9.17, 15) is 0 Å². The van der Waals surface area contributed by atoms with E-state index < -0.39 is 0 Å². The van der Waals surface area contributed by atoms with Crippen molar-refractivity contribution >= 4 is 39.7 Å². The molecule has 4 nitrogen and oxygen atoms in total. The Labute approximate surface area is 113 Å². The maximum atomic E-state index is 6.12. The standard InChI is InChI=1S/C12H9ClN4S/c13-10-3-4-11(9-2-1-5-14-12(9)10)15-6-8-7-18-17-16-8/h1-5,7,15H,6H2. The van der Waals surface area contributed by atoms with Gasteiger partial charge in [0.15, 0.2) is 0 Å². The molecule has 0 amide bonds. The quantitative estimate of drug-likeness (QED) is 0.797. The monoisotopic (exact) mass is 276 g/mol. The van der Waals surface area contributed by atoms with Gasteiger partial charge in [0.25, 0.3) is 0 Å². The zero-order valence-electron chi connectivity index (χ0n) is 9.30. The van der Waals surface area contributed by atoms with Crippen LogP contribution in [-0.2, 0) is 6.54 Å². The van der Waals surface area contributed by atoms with Crippen LogP contribution in [0.5, 0.6) is 0 Å². The zero-order valence-corrected chi connectivity index (χ0v) is 10.9. The highest BCUT2D eigenvalue weighted by molar-refractivity contribution is 7.03. The Balaban J connectivity index is 1.94. The minimum atomic E-state index is 0.641. The van der Waals surface area contributed by atoms with Gasteiger partial charge in [-0.25, -0.2) is 0 Å². The SMILES string of the molecule is Clc1ccc(NCc2csnn2)c2cccnc12. The molecule has 0 spiro atoms. The van der Waals surface area contributed by atoms with E-state index in [4.69, 9.17) is 11.6 Å². The molecule has 0 aliphatic heterocycles. The third kappa shape index (κ3) is 2.14. The number of nitrogens with one attached hydrogen (secondary N) is 1. The highest BCUT2D eigenvalue weighted by atomic mass is 35.5. The predicted molar refractivity (Wildman–Crippen MR) is 74.0 cm³/mol. The van der Waals surface area contributed by atoms with Crippen LogP contribution in [0, 0.1) is 0 Å². The Kier molecular flexibility index (Phi) is 3.08. The van der Waals surface area contributed by atoms with Gasteiger partial charge in [0, 0.05) is 22.7 Å². The number of anilines is 1. The molecule has 1 aromatic carbocycles. The summed E-state index contributed by atoms with van der Waals surface area (Å²) in [6, 6.07) is 7.69. The highest BCUT2D eigenvalue weighted by Gasteiger charge is 2.05. The molecule has 0 saturated heterocycles. The van der Waals surface area contributed by atoms with Crippen molar-refractivity contribution < 1.29 is 0 Å². The lowest BCUT2D eigenvalue weighted by molar-refractivity contribution is 1.00. The molecule has 0 fully saturated rings. The topological polar surface area (TPSA) is 50.7 Å². The van der Waals surface area contributed by atoms with Crippen LogP contribution in [0.25, 0.3) is 10.9 Å². The van der Waals surface area contributed by atoms with Crippen LogP contribution < -0.4 is 5.32 Å². The van der Waals surface area contributed by atoms with E-state index >= 15 is 0 Å². The molecule has 0 aliphatic carbocycles. The lowest BCUT2D eigenvalue weighted by Crippen LogP contribution is -2.00. The summed E-state index contributed by atoms with van der Waals surface area (Å²) >= 11 is 7.46. The van der Waals surface area contributed by atoms with E-state index in [1.54, 1.807) is 6.20 Å². The Bertz CT molecular complexity index is 669. The van der Waals surface area contributed by atoms with Crippen LogP contribution in [0.15, 0.2) is 35.8 Å². The average molecular weight is 277 g/mol. The van der Waals surface area contributed by atoms with Gasteiger partial charge in [-0.05, 0) is 35.8 Å². The Hall–Kier alpha value is -1.72. The maximum Gasteiger partial charge on any atom is 0.0946 e. The van der Waals surface area contributed by atoms with Crippen molar-refractivity contribution in [3.63, 3.8) is 0 Å². The summed E-state index contributed by atoms with van der Waals surface area (Å²) in [6.07, 6.45) is 1.74. The van der Waals surface area contributed by atoms with Crippen molar-refractivity contribution in [3.8, 4) is 0 Å². The molecule has 18 heavy (non-hydrogen) atoms. The van der Waals surface area contributed by atoms with Crippen molar-refractivity contribution in [1.29, 1.82) is 0 Å². The number of nitrogens with zero attached hydrogens (tertiary/aromatic N) is 3. The van der Waals surface area contributed by atoms with E-state index in [1.165, 1.54) is 11.5 Å². The molecule has 2 aromatic heterocycles. The molecule has 0 saturated carbocycles. The number of rotatable bonds is 3. The number of halogens is 1. The third-order valence-corrected chi connectivity index (χ3v) is 3.44. The first-order valence-corrected chi connectivity index (χ1v) is 6.59. The summed E-state index contributed by atoms with van der Waals surface area (Å²) < 4.78 is 3.83. The number of aromatic nitrogens is 3. The minimum absolute atomic E-state index is 0.641. The van der Waals surface area contributed by atoms with Gasteiger partial charge < -0.3 is 5.32 Å². The van der Waals surface area contributed by atoms with Crippen LogP contribution in [0.3, 0.4) is 0 Å². The van der Waals surface area contributed by atoms with Crippen LogP contribution in [0.1, 0.15) is 5.69 Å². The van der Waals surface area contributed by atoms with Crippen LogP contribution >= 0.6 is 23.1 Å². The van der Waals surface area contributed by atoms with E-state index in [0.717, 1.165) is 22.3 Å². The normalized spacial score (nSPS) is 10.7. The van der Waals surface area contributed by atoms with E-state index in [-0.39, 0.29) is 0 Å². The Morgan fingerprint density at radius 3 is 3.06 bits per heavy atom. The number of benzene rings is 1. The number of hydrogen-bond donors (Lipinski definition) is 1. The molecule has 0 radical (unpaired) electrons. The first-order chi connectivity index (χ1) is 8.84. The molecule has 3 rings (SSSR count). The number of pyridine rings is 1. The lowest BCUT2D eigenvalue weighted by atomic mass is 10.2. The second kappa shape index (κ2) is 4.88. The summed E-state index contributed by atoms with van der Waals surface area (Å²) in [5, 5.41) is 10.9. The van der Waals surface area contributed by atoms with Crippen molar-refractivity contribution in [3.05, 3.63) is 46.6 Å². The van der Waals surface area contributed by atoms with Crippen LogP contribution in [0.4, 0.5) is 5.69 Å². The Morgan fingerprint density at radius 2 is 2.22 bits per heavy atom. The summed E-state index contributed by atoms with van der Waals surface area (Å²) in [7, 11) is 0. The summed E-state index contributed by atoms with van der Waals surface area (Å²) in [5.41, 5.74) is 2.73. The van der Waals surface area contributed by atoms with Gasteiger partial charge in [0.05, 0.1) is 22.8 Å². The molecule has 6 heteroatoms. The maximum absolute atomic E-state index is 6.12. The molecular weight excluding hydrogens is 268 g/mol. The number of hydrogen-bond acceptors (Lipinski definition) is 5. The smallest absolute Gasteiger partial charge is 0.0946 e. The summed E-state index contributed by atoms with van der Waals surface area (Å²) in [6.45, 7) is 0.641. The molecule has 90 valence electrons. The molecular formula is C12H9ClN4S. The Morgan fingerprint density at radius 1 is 1.28 bits per heavy atom. The third-order valence-electron chi connectivity index (χ3n) is 2.59. The minimum Gasteiger partial charge on any atom is -0.379 e. The van der Waals surface area contributed by atoms with E-state index in [0.29, 0.717) is 11.6 Å². The summed E-state index contributed by atoms with van der Waals surface area (Å²) in [4.78, 5) is 4.29. The number of fused-ring (bicyclic) bond motifs is 1. The average Bonchev–Trinajstić information content (AvgIpc) is 2.92. The molecule has 2 heterocycles. The molecule has 0 unspecified atom stereocenters. The molecule has 0 aliphatic rings. The second-order valence-electron chi connectivity index (χ2n) is 3.74. The molecule has 0 atom stereocenters. The van der Waals surface area contributed by atoms with Gasteiger partial charge in [-0.2, -0.15) is 0 Å². The molecule has 1 N–H and O–H groups in total. The van der Waals surface area contributed by atoms with Crippen LogP contribution in [-0.4, -0.2) is 14.6 Å². The van der Waals surface area contributed by atoms with Crippen molar-refractivity contribution in [2.75, 3.05) is 5.32 Å². The first-order valence-electron chi connectivity index (χ1n) is 5.37. The predicted octanol–water partition coefficient (Wildman–Crippen LogP) is 3.35. The van der Waals surface area contributed by atoms with Crippen molar-refractivity contribution in [2.45, 2.75) is 6.54 Å². The van der Waals surface area contributed by atoms with Crippen LogP contribution in [0.2, 0.25) is 5.02 Å². The fourth-order valence-electron chi connectivity index (χ4n) is 1.74. The van der Waals surface area contributed by atoms with Gasteiger partial charge in [-0.1, -0.05) is 16.1 Å².